The molecule has 1 saturated heterocycles. The molecule has 0 spiro atoms. The fourth-order valence-electron chi connectivity index (χ4n) is 2.43. The fourth-order valence-corrected chi connectivity index (χ4v) is 2.43. The van der Waals surface area contributed by atoms with Gasteiger partial charge in [0.2, 0.25) is 0 Å². The summed E-state index contributed by atoms with van der Waals surface area (Å²) >= 11 is 0. The van der Waals surface area contributed by atoms with Crippen molar-refractivity contribution in [1.29, 1.82) is 0 Å². The minimum absolute atomic E-state index is 0.297. The van der Waals surface area contributed by atoms with Crippen molar-refractivity contribution in [2.24, 2.45) is 0 Å². The van der Waals surface area contributed by atoms with Crippen LogP contribution in [0.1, 0.15) is 25.5 Å². The number of rotatable bonds is 3. The zero-order chi connectivity index (χ0) is 12.3. The van der Waals surface area contributed by atoms with E-state index in [4.69, 9.17) is 0 Å². The standard InChI is InChI=1S/C13H20N4/c1-4-5-10(2)17-7-6-14-11(3)13(17)12-8-15-16-9-12/h4-5,8-9,11,13-14H,2,6-7H2,1,3H3,(H,15,16)/b5-4-. The summed E-state index contributed by atoms with van der Waals surface area (Å²) in [5, 5.41) is 10.4. The van der Waals surface area contributed by atoms with E-state index >= 15 is 0 Å². The Balaban J connectivity index is 2.25. The van der Waals surface area contributed by atoms with Crippen LogP contribution in [0.2, 0.25) is 0 Å². The van der Waals surface area contributed by atoms with E-state index in [2.05, 4.69) is 40.0 Å². The molecule has 17 heavy (non-hydrogen) atoms. The first-order valence-electron chi connectivity index (χ1n) is 6.04. The van der Waals surface area contributed by atoms with Gasteiger partial charge in [0.1, 0.15) is 0 Å². The minimum atomic E-state index is 0.297. The maximum Gasteiger partial charge on any atom is 0.0723 e. The van der Waals surface area contributed by atoms with Gasteiger partial charge in [0.15, 0.2) is 0 Å². The van der Waals surface area contributed by atoms with E-state index in [0.717, 1.165) is 18.8 Å². The number of aromatic amines is 1. The number of allylic oxidation sites excluding steroid dienone is 2. The largest absolute Gasteiger partial charge is 0.362 e. The molecule has 0 aromatic carbocycles. The summed E-state index contributed by atoms with van der Waals surface area (Å²) in [6.07, 6.45) is 7.95. The molecule has 92 valence electrons. The number of piperazine rings is 1. The second-order valence-corrected chi connectivity index (χ2v) is 4.40. The molecule has 4 nitrogen and oxygen atoms in total. The minimum Gasteiger partial charge on any atom is -0.362 e. The van der Waals surface area contributed by atoms with Crippen LogP contribution in [-0.4, -0.2) is 34.2 Å². The van der Waals surface area contributed by atoms with Gasteiger partial charge in [0.05, 0.1) is 12.2 Å². The van der Waals surface area contributed by atoms with Crippen molar-refractivity contribution >= 4 is 0 Å². The highest BCUT2D eigenvalue weighted by Crippen LogP contribution is 2.29. The molecular formula is C13H20N4. The molecule has 2 rings (SSSR count). The van der Waals surface area contributed by atoms with E-state index in [1.54, 1.807) is 0 Å². The summed E-state index contributed by atoms with van der Waals surface area (Å²) < 4.78 is 0. The molecule has 0 amide bonds. The Labute approximate surface area is 102 Å². The molecule has 2 N–H and O–H groups in total. The van der Waals surface area contributed by atoms with Crippen molar-refractivity contribution in [1.82, 2.24) is 20.4 Å². The summed E-state index contributed by atoms with van der Waals surface area (Å²) in [7, 11) is 0. The van der Waals surface area contributed by atoms with Gasteiger partial charge in [0.25, 0.3) is 0 Å². The molecule has 1 aromatic heterocycles. The smallest absolute Gasteiger partial charge is 0.0723 e. The van der Waals surface area contributed by atoms with Gasteiger partial charge in [-0.25, -0.2) is 0 Å². The number of aromatic nitrogens is 2. The van der Waals surface area contributed by atoms with E-state index in [0.29, 0.717) is 12.1 Å². The third-order valence-electron chi connectivity index (χ3n) is 3.22. The average molecular weight is 232 g/mol. The van der Waals surface area contributed by atoms with Crippen LogP contribution in [0.5, 0.6) is 0 Å². The molecule has 1 fully saturated rings. The van der Waals surface area contributed by atoms with Crippen molar-refractivity contribution in [3.8, 4) is 0 Å². The third kappa shape index (κ3) is 2.42. The van der Waals surface area contributed by atoms with Crippen molar-refractivity contribution in [2.75, 3.05) is 13.1 Å². The fraction of sp³-hybridized carbons (Fsp3) is 0.462. The lowest BCUT2D eigenvalue weighted by atomic mass is 9.98. The van der Waals surface area contributed by atoms with E-state index in [1.807, 2.05) is 25.4 Å². The average Bonchev–Trinajstić information content (AvgIpc) is 2.82. The molecular weight excluding hydrogens is 212 g/mol. The Morgan fingerprint density at radius 3 is 3.12 bits per heavy atom. The normalized spacial score (nSPS) is 25.4. The van der Waals surface area contributed by atoms with E-state index in [9.17, 15) is 0 Å². The van der Waals surface area contributed by atoms with Crippen molar-refractivity contribution in [2.45, 2.75) is 25.9 Å². The molecule has 2 unspecified atom stereocenters. The number of hydrogen-bond donors (Lipinski definition) is 2. The van der Waals surface area contributed by atoms with Gasteiger partial charge in [-0.15, -0.1) is 0 Å². The van der Waals surface area contributed by atoms with Crippen molar-refractivity contribution < 1.29 is 0 Å². The Morgan fingerprint density at radius 1 is 1.65 bits per heavy atom. The van der Waals surface area contributed by atoms with E-state index in [1.165, 1.54) is 5.56 Å². The molecule has 1 aromatic rings. The number of hydrogen-bond acceptors (Lipinski definition) is 3. The van der Waals surface area contributed by atoms with Gasteiger partial charge >= 0.3 is 0 Å². The molecule has 0 radical (unpaired) electrons. The molecule has 1 aliphatic rings. The monoisotopic (exact) mass is 232 g/mol. The van der Waals surface area contributed by atoms with Gasteiger partial charge in [-0.3, -0.25) is 5.10 Å². The topological polar surface area (TPSA) is 44.0 Å². The molecule has 0 aliphatic carbocycles. The Morgan fingerprint density at radius 2 is 2.47 bits per heavy atom. The SMILES string of the molecule is C=C(/C=C\C)N1CCNC(C)C1c1cn[nH]c1. The van der Waals surface area contributed by atoms with Gasteiger partial charge < -0.3 is 10.2 Å². The van der Waals surface area contributed by atoms with Crippen LogP contribution in [0.25, 0.3) is 0 Å². The molecule has 1 aliphatic heterocycles. The quantitative estimate of drug-likeness (QED) is 0.781. The number of nitrogens with zero attached hydrogens (tertiary/aromatic N) is 2. The first-order chi connectivity index (χ1) is 8.24. The highest BCUT2D eigenvalue weighted by atomic mass is 15.2. The van der Waals surface area contributed by atoms with E-state index in [-0.39, 0.29) is 0 Å². The van der Waals surface area contributed by atoms with Crippen LogP contribution in [0.4, 0.5) is 0 Å². The lowest BCUT2D eigenvalue weighted by Crippen LogP contribution is -2.50. The Kier molecular flexibility index (Phi) is 3.64. The number of nitrogens with one attached hydrogen (secondary N) is 2. The molecule has 4 heteroatoms. The van der Waals surface area contributed by atoms with Crippen LogP contribution in [0, 0.1) is 0 Å². The highest BCUT2D eigenvalue weighted by Gasteiger charge is 2.30. The second kappa shape index (κ2) is 5.19. The Hall–Kier alpha value is -1.55. The molecule has 2 atom stereocenters. The van der Waals surface area contributed by atoms with Crippen molar-refractivity contribution in [3.05, 3.63) is 42.4 Å². The number of H-pyrrole nitrogens is 1. The van der Waals surface area contributed by atoms with Crippen LogP contribution < -0.4 is 5.32 Å². The second-order valence-electron chi connectivity index (χ2n) is 4.40. The lowest BCUT2D eigenvalue weighted by molar-refractivity contribution is 0.173. The van der Waals surface area contributed by atoms with Crippen LogP contribution in [-0.2, 0) is 0 Å². The maximum atomic E-state index is 4.14. The first-order valence-corrected chi connectivity index (χ1v) is 6.04. The molecule has 2 heterocycles. The maximum absolute atomic E-state index is 4.14. The summed E-state index contributed by atoms with van der Waals surface area (Å²) in [5.74, 6) is 0. The molecule has 0 bridgehead atoms. The van der Waals surface area contributed by atoms with Gasteiger partial charge in [-0.1, -0.05) is 12.7 Å². The summed E-state index contributed by atoms with van der Waals surface area (Å²) in [4.78, 5) is 2.34. The molecule has 0 saturated carbocycles. The van der Waals surface area contributed by atoms with Gasteiger partial charge in [0, 0.05) is 36.6 Å². The van der Waals surface area contributed by atoms with Crippen LogP contribution in [0.15, 0.2) is 36.8 Å². The predicted octanol–water partition coefficient (Wildman–Crippen LogP) is 1.83. The summed E-state index contributed by atoms with van der Waals surface area (Å²) in [6.45, 7) is 10.3. The van der Waals surface area contributed by atoms with E-state index < -0.39 is 0 Å². The lowest BCUT2D eigenvalue weighted by Gasteiger charge is -2.42. The van der Waals surface area contributed by atoms with Crippen LogP contribution in [0.3, 0.4) is 0 Å². The van der Waals surface area contributed by atoms with Crippen LogP contribution >= 0.6 is 0 Å². The van der Waals surface area contributed by atoms with Crippen molar-refractivity contribution in [3.63, 3.8) is 0 Å². The highest BCUT2D eigenvalue weighted by molar-refractivity contribution is 5.22. The first kappa shape index (κ1) is 11.9. The zero-order valence-electron chi connectivity index (χ0n) is 10.5. The van der Waals surface area contributed by atoms with Gasteiger partial charge in [-0.2, -0.15) is 5.10 Å². The summed E-state index contributed by atoms with van der Waals surface area (Å²) in [5.41, 5.74) is 2.27. The third-order valence-corrected chi connectivity index (χ3v) is 3.22. The Bertz CT molecular complexity index is 394. The zero-order valence-corrected chi connectivity index (χ0v) is 10.5. The van der Waals surface area contributed by atoms with Gasteiger partial charge in [-0.05, 0) is 19.9 Å². The predicted molar refractivity (Wildman–Crippen MR) is 69.5 cm³/mol. The summed E-state index contributed by atoms with van der Waals surface area (Å²) in [6, 6.07) is 0.689.